The molecule has 94 valence electrons. The van der Waals surface area contributed by atoms with Gasteiger partial charge in [0.15, 0.2) is 5.75 Å². The van der Waals surface area contributed by atoms with Gasteiger partial charge in [-0.1, -0.05) is 37.3 Å². The summed E-state index contributed by atoms with van der Waals surface area (Å²) >= 11 is 3.44. The highest BCUT2D eigenvalue weighted by Crippen LogP contribution is 2.31. The summed E-state index contributed by atoms with van der Waals surface area (Å²) in [6.07, 6.45) is 1.05. The van der Waals surface area contributed by atoms with Crippen LogP contribution in [0.25, 0.3) is 0 Å². The first-order chi connectivity index (χ1) is 8.70. The lowest BCUT2D eigenvalue weighted by molar-refractivity contribution is 0.306. The van der Waals surface area contributed by atoms with Crippen molar-refractivity contribution in [2.24, 2.45) is 0 Å². The van der Waals surface area contributed by atoms with E-state index in [0.29, 0.717) is 18.0 Å². The van der Waals surface area contributed by atoms with Gasteiger partial charge in [-0.15, -0.1) is 0 Å². The second-order valence-corrected chi connectivity index (χ2v) is 4.97. The average Bonchev–Trinajstić information content (AvgIpc) is 2.39. The summed E-state index contributed by atoms with van der Waals surface area (Å²) in [6.45, 7) is 2.67. The molecule has 2 N–H and O–H groups in total. The fourth-order valence-corrected chi connectivity index (χ4v) is 2.20. The van der Waals surface area contributed by atoms with E-state index in [1.165, 1.54) is 5.56 Å². The molecule has 0 saturated carbocycles. The van der Waals surface area contributed by atoms with Gasteiger partial charge in [-0.05, 0) is 45.6 Å². The van der Waals surface area contributed by atoms with Crippen molar-refractivity contribution in [2.45, 2.75) is 20.0 Å². The Morgan fingerprint density at radius 2 is 1.72 bits per heavy atom. The smallest absolute Gasteiger partial charge is 0.156 e. The van der Waals surface area contributed by atoms with Gasteiger partial charge in [0.25, 0.3) is 0 Å². The first-order valence-electron chi connectivity index (χ1n) is 5.95. The van der Waals surface area contributed by atoms with Crippen LogP contribution in [-0.4, -0.2) is 0 Å². The molecule has 3 heteroatoms. The zero-order chi connectivity index (χ0) is 13.0. The Hall–Kier alpha value is -1.48. The Balaban J connectivity index is 2.06. The molecule has 2 rings (SSSR count). The van der Waals surface area contributed by atoms with Crippen LogP contribution < -0.4 is 10.5 Å². The molecule has 0 bridgehead atoms. The van der Waals surface area contributed by atoms with Gasteiger partial charge in [0.2, 0.25) is 0 Å². The van der Waals surface area contributed by atoms with Crippen molar-refractivity contribution in [2.75, 3.05) is 5.73 Å². The van der Waals surface area contributed by atoms with Gasteiger partial charge in [-0.3, -0.25) is 0 Å². The minimum atomic E-state index is 0.525. The molecule has 2 aromatic carbocycles. The summed E-state index contributed by atoms with van der Waals surface area (Å²) in [6, 6.07) is 14.1. The van der Waals surface area contributed by atoms with E-state index in [9.17, 15) is 0 Å². The molecule has 0 aliphatic rings. The molecule has 2 nitrogen and oxygen atoms in total. The molecule has 0 saturated heterocycles. The molecule has 18 heavy (non-hydrogen) atoms. The number of hydrogen-bond donors (Lipinski definition) is 1. The lowest BCUT2D eigenvalue weighted by Gasteiger charge is -2.11. The monoisotopic (exact) mass is 305 g/mol. The minimum absolute atomic E-state index is 0.525. The van der Waals surface area contributed by atoms with Crippen LogP contribution in [0, 0.1) is 0 Å². The van der Waals surface area contributed by atoms with E-state index in [-0.39, 0.29) is 0 Å². The predicted molar refractivity (Wildman–Crippen MR) is 78.7 cm³/mol. The van der Waals surface area contributed by atoms with Crippen molar-refractivity contribution in [3.05, 3.63) is 58.1 Å². The van der Waals surface area contributed by atoms with Crippen LogP contribution in [0.4, 0.5) is 5.69 Å². The van der Waals surface area contributed by atoms with Crippen molar-refractivity contribution in [1.82, 2.24) is 0 Å². The van der Waals surface area contributed by atoms with E-state index >= 15 is 0 Å². The zero-order valence-electron chi connectivity index (χ0n) is 10.3. The molecule has 0 atom stereocenters. The van der Waals surface area contributed by atoms with Crippen molar-refractivity contribution in [1.29, 1.82) is 0 Å². The van der Waals surface area contributed by atoms with Crippen molar-refractivity contribution < 1.29 is 4.74 Å². The van der Waals surface area contributed by atoms with Crippen molar-refractivity contribution >= 4 is 21.6 Å². The number of anilines is 1. The number of aryl methyl sites for hydroxylation is 1. The summed E-state index contributed by atoms with van der Waals surface area (Å²) in [5.74, 6) is 0.706. The number of hydrogen-bond acceptors (Lipinski definition) is 2. The van der Waals surface area contributed by atoms with Gasteiger partial charge in [-0.25, -0.2) is 0 Å². The molecule has 0 spiro atoms. The number of nitrogens with two attached hydrogens (primary N) is 1. The third-order valence-corrected chi connectivity index (χ3v) is 3.44. The quantitative estimate of drug-likeness (QED) is 0.860. The van der Waals surface area contributed by atoms with Gasteiger partial charge >= 0.3 is 0 Å². The molecule has 2 aromatic rings. The number of rotatable bonds is 4. The zero-order valence-corrected chi connectivity index (χ0v) is 11.9. The van der Waals surface area contributed by atoms with Crippen molar-refractivity contribution in [3.8, 4) is 5.75 Å². The van der Waals surface area contributed by atoms with Gasteiger partial charge in [0, 0.05) is 0 Å². The summed E-state index contributed by atoms with van der Waals surface area (Å²) in [4.78, 5) is 0. The number of para-hydroxylation sites is 1. The molecular weight excluding hydrogens is 290 g/mol. The van der Waals surface area contributed by atoms with Crippen LogP contribution in [0.3, 0.4) is 0 Å². The van der Waals surface area contributed by atoms with Crippen LogP contribution in [0.15, 0.2) is 46.9 Å². The maximum absolute atomic E-state index is 5.88. The highest BCUT2D eigenvalue weighted by atomic mass is 79.9. The topological polar surface area (TPSA) is 35.2 Å². The second kappa shape index (κ2) is 5.91. The molecule has 0 aromatic heterocycles. The highest BCUT2D eigenvalue weighted by Gasteiger charge is 2.05. The first-order valence-corrected chi connectivity index (χ1v) is 6.74. The Bertz CT molecular complexity index is 502. The molecule has 0 amide bonds. The third-order valence-electron chi connectivity index (χ3n) is 2.81. The Kier molecular flexibility index (Phi) is 4.26. The van der Waals surface area contributed by atoms with E-state index in [1.54, 1.807) is 0 Å². The lowest BCUT2D eigenvalue weighted by Crippen LogP contribution is -1.99. The normalized spacial score (nSPS) is 10.3. The van der Waals surface area contributed by atoms with E-state index in [4.69, 9.17) is 10.5 Å². The highest BCUT2D eigenvalue weighted by molar-refractivity contribution is 9.10. The van der Waals surface area contributed by atoms with Gasteiger partial charge in [0.1, 0.15) is 6.61 Å². The molecule has 0 radical (unpaired) electrons. The fraction of sp³-hybridized carbons (Fsp3) is 0.200. The summed E-state index contributed by atoms with van der Waals surface area (Å²) in [7, 11) is 0. The SMILES string of the molecule is CCc1ccc(COc2c(N)cccc2Br)cc1. The Morgan fingerprint density at radius 3 is 2.33 bits per heavy atom. The maximum atomic E-state index is 5.88. The summed E-state index contributed by atoms with van der Waals surface area (Å²) < 4.78 is 6.64. The number of benzene rings is 2. The molecule has 0 aliphatic carbocycles. The van der Waals surface area contributed by atoms with E-state index < -0.39 is 0 Å². The van der Waals surface area contributed by atoms with Gasteiger partial charge < -0.3 is 10.5 Å². The lowest BCUT2D eigenvalue weighted by atomic mass is 10.1. The van der Waals surface area contributed by atoms with Gasteiger partial charge in [-0.2, -0.15) is 0 Å². The number of halogens is 1. The standard InChI is InChI=1S/C15H16BrNO/c1-2-11-6-8-12(9-7-11)10-18-15-13(16)4-3-5-14(15)17/h3-9H,2,10,17H2,1H3. The number of ether oxygens (including phenoxy) is 1. The largest absolute Gasteiger partial charge is 0.486 e. The van der Waals surface area contributed by atoms with Crippen LogP contribution in [0.2, 0.25) is 0 Å². The fourth-order valence-electron chi connectivity index (χ4n) is 1.70. The van der Waals surface area contributed by atoms with E-state index in [1.807, 2.05) is 18.2 Å². The van der Waals surface area contributed by atoms with Crippen LogP contribution in [0.5, 0.6) is 5.75 Å². The Morgan fingerprint density at radius 1 is 1.06 bits per heavy atom. The average molecular weight is 306 g/mol. The minimum Gasteiger partial charge on any atom is -0.486 e. The van der Waals surface area contributed by atoms with E-state index in [2.05, 4.69) is 47.1 Å². The summed E-state index contributed by atoms with van der Waals surface area (Å²) in [5.41, 5.74) is 9.00. The van der Waals surface area contributed by atoms with Crippen LogP contribution >= 0.6 is 15.9 Å². The molecule has 0 fully saturated rings. The summed E-state index contributed by atoms with van der Waals surface area (Å²) in [5, 5.41) is 0. The molecule has 0 aliphatic heterocycles. The molecule has 0 unspecified atom stereocenters. The van der Waals surface area contributed by atoms with Crippen LogP contribution in [-0.2, 0) is 13.0 Å². The Labute approximate surface area is 116 Å². The first kappa shape index (κ1) is 13.0. The van der Waals surface area contributed by atoms with Crippen LogP contribution in [0.1, 0.15) is 18.1 Å². The maximum Gasteiger partial charge on any atom is 0.156 e. The molecule has 0 heterocycles. The van der Waals surface area contributed by atoms with Crippen molar-refractivity contribution in [3.63, 3.8) is 0 Å². The third kappa shape index (κ3) is 3.05. The van der Waals surface area contributed by atoms with E-state index in [0.717, 1.165) is 16.5 Å². The second-order valence-electron chi connectivity index (χ2n) is 4.12. The molecular formula is C15H16BrNO. The number of nitrogen functional groups attached to an aromatic ring is 1. The predicted octanol–water partition coefficient (Wildman–Crippen LogP) is 4.17. The van der Waals surface area contributed by atoms with Gasteiger partial charge in [0.05, 0.1) is 10.2 Å².